The van der Waals surface area contributed by atoms with Gasteiger partial charge in [-0.3, -0.25) is 30.2 Å². The fourth-order valence-corrected chi connectivity index (χ4v) is 5.85. The maximum absolute atomic E-state index is 12.2. The van der Waals surface area contributed by atoms with Crippen molar-refractivity contribution in [2.24, 2.45) is 0 Å². The summed E-state index contributed by atoms with van der Waals surface area (Å²) in [4.78, 5) is 35.8. The lowest BCUT2D eigenvalue weighted by molar-refractivity contribution is -0.115. The van der Waals surface area contributed by atoms with Gasteiger partial charge in [0.2, 0.25) is 5.91 Å². The Morgan fingerprint density at radius 3 is 1.83 bits per heavy atom. The van der Waals surface area contributed by atoms with Crippen LogP contribution in [0.2, 0.25) is 0 Å². The molecule has 0 radical (unpaired) electrons. The Bertz CT molecular complexity index is 2670. The highest BCUT2D eigenvalue weighted by Gasteiger charge is 2.14. The van der Waals surface area contributed by atoms with Gasteiger partial charge in [0.25, 0.3) is 0 Å². The molecule has 53 heavy (non-hydrogen) atoms. The molecular formula is C38H28N12O3. The van der Waals surface area contributed by atoms with Crippen LogP contribution in [-0.4, -0.2) is 72.7 Å². The number of hydrogen-bond acceptors (Lipinski definition) is 9. The molecule has 15 nitrogen and oxygen atoms in total. The maximum atomic E-state index is 12.2. The number of nitrogens with one attached hydrogen (secondary N) is 5. The standard InChI is InChI=1S/C22H17N7O.C16H11N5O2/c30-20(10-14-2-1-9-23-12-14)26-17-6-3-15(4-7-17)21-18-11-16(22-24-13-25-29-22)5-8-19(18)27-28-21;22-16(23)11-3-1-2-9(6-11)14-12-7-10(15-17-8-18-21-15)4-5-13(12)19-20-14/h1-9,11-13H,10H2,(H,26,30)(H,27,28)(H,24,25,29);1-8H,(H,19,20)(H,22,23)(H,17,18,21). The molecule has 0 aliphatic heterocycles. The summed E-state index contributed by atoms with van der Waals surface area (Å²) in [7, 11) is 0. The van der Waals surface area contributed by atoms with Crippen LogP contribution in [0.25, 0.3) is 67.1 Å². The van der Waals surface area contributed by atoms with Crippen molar-refractivity contribution < 1.29 is 14.7 Å². The topological polar surface area (TPSA) is 220 Å². The number of rotatable bonds is 8. The van der Waals surface area contributed by atoms with Crippen molar-refractivity contribution in [1.29, 1.82) is 0 Å². The zero-order valence-corrected chi connectivity index (χ0v) is 27.6. The van der Waals surface area contributed by atoms with E-state index < -0.39 is 5.97 Å². The molecule has 0 saturated heterocycles. The van der Waals surface area contributed by atoms with Crippen LogP contribution < -0.4 is 5.32 Å². The van der Waals surface area contributed by atoms with Gasteiger partial charge in [0.05, 0.1) is 34.4 Å². The number of H-pyrrole nitrogens is 4. The number of carbonyl (C=O) groups excluding carboxylic acids is 1. The first kappa shape index (κ1) is 32.4. The molecule has 0 bridgehead atoms. The van der Waals surface area contributed by atoms with Crippen molar-refractivity contribution in [3.63, 3.8) is 0 Å². The van der Waals surface area contributed by atoms with E-state index >= 15 is 0 Å². The number of amides is 1. The molecule has 0 unspecified atom stereocenters. The van der Waals surface area contributed by atoms with Crippen LogP contribution >= 0.6 is 0 Å². The Morgan fingerprint density at radius 1 is 0.642 bits per heavy atom. The summed E-state index contributed by atoms with van der Waals surface area (Å²) in [6.07, 6.45) is 6.73. The van der Waals surface area contributed by atoms with Gasteiger partial charge in [0, 0.05) is 51.1 Å². The average molecular weight is 701 g/mol. The predicted molar refractivity (Wildman–Crippen MR) is 197 cm³/mol. The van der Waals surface area contributed by atoms with Crippen LogP contribution in [0.15, 0.2) is 122 Å². The minimum absolute atomic E-state index is 0.0860. The summed E-state index contributed by atoms with van der Waals surface area (Å²) < 4.78 is 0. The highest BCUT2D eigenvalue weighted by Crippen LogP contribution is 2.31. The van der Waals surface area contributed by atoms with Crippen LogP contribution in [0.5, 0.6) is 0 Å². The first-order chi connectivity index (χ1) is 26.0. The highest BCUT2D eigenvalue weighted by atomic mass is 16.4. The molecule has 0 fully saturated rings. The van der Waals surface area contributed by atoms with E-state index in [0.717, 1.165) is 61.0 Å². The van der Waals surface area contributed by atoms with Gasteiger partial charge < -0.3 is 10.4 Å². The van der Waals surface area contributed by atoms with Crippen LogP contribution in [0.1, 0.15) is 15.9 Å². The first-order valence-electron chi connectivity index (χ1n) is 16.3. The average Bonchev–Trinajstić information content (AvgIpc) is 4.03. The second-order valence-corrected chi connectivity index (χ2v) is 11.9. The molecule has 1 amide bonds. The van der Waals surface area contributed by atoms with Gasteiger partial charge >= 0.3 is 5.97 Å². The summed E-state index contributed by atoms with van der Waals surface area (Å²) in [6.45, 7) is 0. The van der Waals surface area contributed by atoms with Crippen LogP contribution in [0, 0.1) is 0 Å². The zero-order chi connectivity index (χ0) is 36.1. The normalized spacial score (nSPS) is 10.9. The van der Waals surface area contributed by atoms with Gasteiger partial charge in [-0.2, -0.15) is 20.4 Å². The third-order valence-corrected chi connectivity index (χ3v) is 8.38. The SMILES string of the molecule is O=C(Cc1cccnc1)Nc1ccc(-c2n[nH]c3ccc(-c4nc[nH]n4)cc23)cc1.O=C(O)c1cccc(-c2n[nH]c3ccc(-c4nc[nH]n4)cc23)c1. The van der Waals surface area contributed by atoms with Crippen LogP contribution in [0.4, 0.5) is 5.69 Å². The van der Waals surface area contributed by atoms with Gasteiger partial charge in [-0.25, -0.2) is 14.8 Å². The van der Waals surface area contributed by atoms with Gasteiger partial charge in [-0.1, -0.05) is 30.3 Å². The summed E-state index contributed by atoms with van der Waals surface area (Å²) in [6, 6.07) is 29.7. The van der Waals surface area contributed by atoms with Crippen molar-refractivity contribution >= 4 is 39.4 Å². The lowest BCUT2D eigenvalue weighted by Crippen LogP contribution is -2.14. The van der Waals surface area contributed by atoms with Gasteiger partial charge in [0.1, 0.15) is 12.7 Å². The minimum atomic E-state index is -0.965. The minimum Gasteiger partial charge on any atom is -0.478 e. The Kier molecular flexibility index (Phi) is 8.68. The number of aromatic carboxylic acids is 1. The van der Waals surface area contributed by atoms with E-state index in [-0.39, 0.29) is 17.9 Å². The molecule has 0 aliphatic carbocycles. The molecule has 258 valence electrons. The predicted octanol–water partition coefficient (Wildman–Crippen LogP) is 6.30. The lowest BCUT2D eigenvalue weighted by Gasteiger charge is -2.06. The van der Waals surface area contributed by atoms with Crippen LogP contribution in [-0.2, 0) is 11.2 Å². The number of pyridine rings is 1. The summed E-state index contributed by atoms with van der Waals surface area (Å²) in [5.74, 6) is 0.180. The quantitative estimate of drug-likeness (QED) is 0.104. The second kappa shape index (κ2) is 14.2. The Morgan fingerprint density at radius 2 is 1.26 bits per heavy atom. The van der Waals surface area contributed by atoms with Crippen molar-refractivity contribution in [3.8, 4) is 45.3 Å². The molecule has 6 N–H and O–H groups in total. The Labute approximate surface area is 299 Å². The van der Waals surface area contributed by atoms with Gasteiger partial charge in [-0.05, 0) is 72.3 Å². The fourth-order valence-electron chi connectivity index (χ4n) is 5.85. The molecule has 0 atom stereocenters. The van der Waals surface area contributed by atoms with E-state index in [0.29, 0.717) is 17.3 Å². The van der Waals surface area contributed by atoms with Crippen LogP contribution in [0.3, 0.4) is 0 Å². The van der Waals surface area contributed by atoms with E-state index in [2.05, 4.69) is 61.1 Å². The molecule has 4 aromatic carbocycles. The molecule has 5 aromatic heterocycles. The van der Waals surface area contributed by atoms with E-state index in [9.17, 15) is 9.59 Å². The van der Waals surface area contributed by atoms with E-state index in [1.165, 1.54) is 6.33 Å². The number of hydrogen-bond donors (Lipinski definition) is 6. The van der Waals surface area contributed by atoms with Crippen molar-refractivity contribution in [3.05, 3.63) is 133 Å². The number of fused-ring (bicyclic) bond motifs is 2. The molecule has 0 spiro atoms. The molecule has 5 heterocycles. The summed E-state index contributed by atoms with van der Waals surface area (Å²) in [5.41, 5.74) is 8.59. The maximum Gasteiger partial charge on any atom is 0.335 e. The van der Waals surface area contributed by atoms with Gasteiger partial charge in [-0.15, -0.1) is 0 Å². The zero-order valence-electron chi connectivity index (χ0n) is 27.6. The van der Waals surface area contributed by atoms with Crippen molar-refractivity contribution in [1.82, 2.24) is 55.7 Å². The third kappa shape index (κ3) is 6.98. The Balaban J connectivity index is 0.000000156. The number of carbonyl (C=O) groups is 2. The first-order valence-corrected chi connectivity index (χ1v) is 16.3. The molecule has 9 rings (SSSR count). The second-order valence-electron chi connectivity index (χ2n) is 11.9. The summed E-state index contributed by atoms with van der Waals surface area (Å²) in [5, 5.41) is 42.4. The molecule has 0 saturated carbocycles. The number of nitrogens with zero attached hydrogens (tertiary/aromatic N) is 7. The highest BCUT2D eigenvalue weighted by molar-refractivity contribution is 5.98. The largest absolute Gasteiger partial charge is 0.478 e. The molecular weight excluding hydrogens is 672 g/mol. The van der Waals surface area contributed by atoms with Gasteiger partial charge in [0.15, 0.2) is 11.6 Å². The number of carboxylic acid groups (broad SMARTS) is 1. The van der Waals surface area contributed by atoms with Crippen molar-refractivity contribution in [2.75, 3.05) is 5.32 Å². The smallest absolute Gasteiger partial charge is 0.335 e. The van der Waals surface area contributed by atoms with Crippen molar-refractivity contribution in [2.45, 2.75) is 6.42 Å². The molecule has 0 aliphatic rings. The number of benzene rings is 4. The van der Waals surface area contributed by atoms with E-state index in [1.54, 1.807) is 36.9 Å². The van der Waals surface area contributed by atoms with E-state index in [4.69, 9.17) is 5.11 Å². The number of aromatic amines is 4. The number of aromatic nitrogens is 11. The number of anilines is 1. The molecule has 9 aromatic rings. The lowest BCUT2D eigenvalue weighted by atomic mass is 10.0. The third-order valence-electron chi connectivity index (χ3n) is 8.38. The summed E-state index contributed by atoms with van der Waals surface area (Å²) >= 11 is 0. The fraction of sp³-hybridized carbons (Fsp3) is 0.0263. The number of carboxylic acids is 1. The Hall–Kier alpha value is -7.81. The molecule has 15 heteroatoms. The van der Waals surface area contributed by atoms with E-state index in [1.807, 2.05) is 78.9 Å². The monoisotopic (exact) mass is 700 g/mol.